The number of methoxy groups -OCH3 is 1. The SMILES string of the molecule is CCOc1ccc(N2CC(C(=O)Nc3sc(C)c(C)c3C(=O)OC)CC2=O)cc1. The van der Waals surface area contributed by atoms with Gasteiger partial charge in [-0.15, -0.1) is 11.3 Å². The van der Waals surface area contributed by atoms with Crippen molar-refractivity contribution in [2.24, 2.45) is 5.92 Å². The molecule has 29 heavy (non-hydrogen) atoms. The minimum Gasteiger partial charge on any atom is -0.494 e. The Morgan fingerprint density at radius 3 is 2.55 bits per heavy atom. The highest BCUT2D eigenvalue weighted by molar-refractivity contribution is 7.16. The van der Waals surface area contributed by atoms with Crippen molar-refractivity contribution in [2.75, 3.05) is 30.5 Å². The minimum absolute atomic E-state index is 0.110. The number of hydrogen-bond acceptors (Lipinski definition) is 6. The number of benzene rings is 1. The molecule has 3 rings (SSSR count). The Morgan fingerprint density at radius 1 is 1.24 bits per heavy atom. The molecule has 1 aliphatic heterocycles. The van der Waals surface area contributed by atoms with Gasteiger partial charge in [0.05, 0.1) is 25.2 Å². The maximum atomic E-state index is 12.8. The van der Waals surface area contributed by atoms with E-state index in [1.165, 1.54) is 18.4 Å². The van der Waals surface area contributed by atoms with Crippen molar-refractivity contribution in [1.29, 1.82) is 0 Å². The van der Waals surface area contributed by atoms with Crippen LogP contribution in [0.15, 0.2) is 24.3 Å². The van der Waals surface area contributed by atoms with Crippen LogP contribution in [0.5, 0.6) is 5.75 Å². The molecular formula is C21H24N2O5S. The topological polar surface area (TPSA) is 84.9 Å². The molecule has 0 saturated carbocycles. The van der Waals surface area contributed by atoms with Crippen molar-refractivity contribution < 1.29 is 23.9 Å². The van der Waals surface area contributed by atoms with Crippen LogP contribution in [0.4, 0.5) is 10.7 Å². The molecule has 0 aliphatic carbocycles. The van der Waals surface area contributed by atoms with Crippen LogP contribution in [0, 0.1) is 19.8 Å². The predicted molar refractivity (Wildman–Crippen MR) is 112 cm³/mol. The third-order valence-corrected chi connectivity index (χ3v) is 6.09. The number of amides is 2. The summed E-state index contributed by atoms with van der Waals surface area (Å²) in [6, 6.07) is 7.23. The van der Waals surface area contributed by atoms with Crippen LogP contribution >= 0.6 is 11.3 Å². The number of aryl methyl sites for hydroxylation is 1. The molecule has 1 atom stereocenters. The first kappa shape index (κ1) is 20.9. The van der Waals surface area contributed by atoms with Crippen molar-refractivity contribution in [2.45, 2.75) is 27.2 Å². The molecule has 1 aromatic heterocycles. The Hall–Kier alpha value is -2.87. The van der Waals surface area contributed by atoms with E-state index < -0.39 is 11.9 Å². The first-order valence-electron chi connectivity index (χ1n) is 9.38. The van der Waals surface area contributed by atoms with Gasteiger partial charge < -0.3 is 19.7 Å². The molecular weight excluding hydrogens is 392 g/mol. The summed E-state index contributed by atoms with van der Waals surface area (Å²) in [7, 11) is 1.31. The van der Waals surface area contributed by atoms with Gasteiger partial charge in [-0.05, 0) is 50.6 Å². The van der Waals surface area contributed by atoms with Crippen LogP contribution < -0.4 is 15.0 Å². The molecule has 1 aromatic carbocycles. The maximum absolute atomic E-state index is 12.8. The normalized spacial score (nSPS) is 16.1. The van der Waals surface area contributed by atoms with Gasteiger partial charge in [-0.3, -0.25) is 9.59 Å². The molecule has 0 radical (unpaired) electrons. The van der Waals surface area contributed by atoms with E-state index in [1.807, 2.05) is 32.9 Å². The Kier molecular flexibility index (Phi) is 6.22. The second-order valence-electron chi connectivity index (χ2n) is 6.80. The fraction of sp³-hybridized carbons (Fsp3) is 0.381. The number of ether oxygens (including phenoxy) is 2. The molecule has 0 bridgehead atoms. The van der Waals surface area contributed by atoms with Crippen LogP contribution in [-0.2, 0) is 14.3 Å². The first-order chi connectivity index (χ1) is 13.8. The number of anilines is 2. The first-order valence-corrected chi connectivity index (χ1v) is 10.2. The highest BCUT2D eigenvalue weighted by Gasteiger charge is 2.36. The zero-order chi connectivity index (χ0) is 21.1. The zero-order valence-corrected chi connectivity index (χ0v) is 17.7. The molecule has 7 nitrogen and oxygen atoms in total. The van der Waals surface area contributed by atoms with Gasteiger partial charge >= 0.3 is 5.97 Å². The second kappa shape index (κ2) is 8.65. The fourth-order valence-electron chi connectivity index (χ4n) is 3.30. The van der Waals surface area contributed by atoms with Gasteiger partial charge in [0.2, 0.25) is 11.8 Å². The van der Waals surface area contributed by atoms with Gasteiger partial charge in [-0.1, -0.05) is 0 Å². The molecule has 8 heteroatoms. The lowest BCUT2D eigenvalue weighted by atomic mass is 10.1. The summed E-state index contributed by atoms with van der Waals surface area (Å²) in [5.74, 6) is -0.641. The Morgan fingerprint density at radius 2 is 1.93 bits per heavy atom. The number of carbonyl (C=O) groups is 3. The van der Waals surface area contributed by atoms with E-state index in [-0.39, 0.29) is 24.8 Å². The lowest BCUT2D eigenvalue weighted by Gasteiger charge is -2.17. The van der Waals surface area contributed by atoms with Crippen LogP contribution in [0.25, 0.3) is 0 Å². The van der Waals surface area contributed by atoms with Crippen LogP contribution in [0.1, 0.15) is 34.1 Å². The van der Waals surface area contributed by atoms with Gasteiger partial charge in [0.1, 0.15) is 10.8 Å². The monoisotopic (exact) mass is 416 g/mol. The standard InChI is InChI=1S/C21H24N2O5S/c1-5-28-16-8-6-15(7-9-16)23-11-14(10-17(23)24)19(25)22-20-18(21(26)27-4)12(2)13(3)29-20/h6-9,14H,5,10-11H2,1-4H3,(H,22,25). The number of nitrogens with one attached hydrogen (secondary N) is 1. The molecule has 2 amide bonds. The molecule has 0 spiro atoms. The number of thiophene rings is 1. The molecule has 1 aliphatic rings. The molecule has 1 N–H and O–H groups in total. The largest absolute Gasteiger partial charge is 0.494 e. The number of nitrogens with zero attached hydrogens (tertiary/aromatic N) is 1. The predicted octanol–water partition coefficient (Wildman–Crippen LogP) is 3.54. The highest BCUT2D eigenvalue weighted by Crippen LogP contribution is 2.34. The summed E-state index contributed by atoms with van der Waals surface area (Å²) in [6.45, 7) is 6.47. The highest BCUT2D eigenvalue weighted by atomic mass is 32.1. The van der Waals surface area contributed by atoms with E-state index >= 15 is 0 Å². The fourth-order valence-corrected chi connectivity index (χ4v) is 4.35. The number of rotatable bonds is 6. The quantitative estimate of drug-likeness (QED) is 0.728. The van der Waals surface area contributed by atoms with Gasteiger partial charge in [-0.25, -0.2) is 4.79 Å². The molecule has 2 heterocycles. The average Bonchev–Trinajstić information content (AvgIpc) is 3.22. The van der Waals surface area contributed by atoms with Crippen LogP contribution in [0.3, 0.4) is 0 Å². The molecule has 1 saturated heterocycles. The number of hydrogen-bond donors (Lipinski definition) is 1. The van der Waals surface area contributed by atoms with Crippen LogP contribution in [-0.4, -0.2) is 38.0 Å². The summed E-state index contributed by atoms with van der Waals surface area (Å²) >= 11 is 1.33. The van der Waals surface area contributed by atoms with Crippen molar-refractivity contribution in [3.05, 3.63) is 40.3 Å². The second-order valence-corrected chi connectivity index (χ2v) is 8.03. The summed E-state index contributed by atoms with van der Waals surface area (Å²) in [5, 5.41) is 3.29. The molecule has 1 unspecified atom stereocenters. The lowest BCUT2D eigenvalue weighted by molar-refractivity contribution is -0.122. The van der Waals surface area contributed by atoms with Crippen molar-refractivity contribution in [3.8, 4) is 5.75 Å². The zero-order valence-electron chi connectivity index (χ0n) is 16.9. The van der Waals surface area contributed by atoms with E-state index in [2.05, 4.69) is 5.32 Å². The average molecular weight is 416 g/mol. The van der Waals surface area contributed by atoms with Gasteiger partial charge in [0.15, 0.2) is 0 Å². The molecule has 154 valence electrons. The number of esters is 1. The Bertz CT molecular complexity index is 935. The maximum Gasteiger partial charge on any atom is 0.341 e. The summed E-state index contributed by atoms with van der Waals surface area (Å²) < 4.78 is 10.3. The van der Waals surface area contributed by atoms with E-state index in [0.717, 1.165) is 21.9 Å². The Balaban J connectivity index is 1.73. The summed E-state index contributed by atoms with van der Waals surface area (Å²) in [4.78, 5) is 39.9. The van der Waals surface area contributed by atoms with Crippen LogP contribution in [0.2, 0.25) is 0 Å². The van der Waals surface area contributed by atoms with E-state index in [1.54, 1.807) is 17.0 Å². The van der Waals surface area contributed by atoms with Crippen molar-refractivity contribution >= 4 is 39.8 Å². The third kappa shape index (κ3) is 4.27. The van der Waals surface area contributed by atoms with Gasteiger partial charge in [0.25, 0.3) is 0 Å². The number of carbonyl (C=O) groups excluding carboxylic acids is 3. The van der Waals surface area contributed by atoms with E-state index in [0.29, 0.717) is 17.2 Å². The minimum atomic E-state index is -0.498. The van der Waals surface area contributed by atoms with Crippen molar-refractivity contribution in [1.82, 2.24) is 0 Å². The lowest BCUT2D eigenvalue weighted by Crippen LogP contribution is -2.28. The summed E-state index contributed by atoms with van der Waals surface area (Å²) in [5.41, 5.74) is 1.89. The van der Waals surface area contributed by atoms with Gasteiger partial charge in [0, 0.05) is 23.5 Å². The van der Waals surface area contributed by atoms with Gasteiger partial charge in [-0.2, -0.15) is 0 Å². The summed E-state index contributed by atoms with van der Waals surface area (Å²) in [6.07, 6.45) is 0.121. The smallest absolute Gasteiger partial charge is 0.341 e. The van der Waals surface area contributed by atoms with E-state index in [4.69, 9.17) is 9.47 Å². The third-order valence-electron chi connectivity index (χ3n) is 4.97. The van der Waals surface area contributed by atoms with Crippen molar-refractivity contribution in [3.63, 3.8) is 0 Å². The molecule has 1 fully saturated rings. The Labute approximate surface area is 173 Å². The van der Waals surface area contributed by atoms with E-state index in [9.17, 15) is 14.4 Å². The molecule has 2 aromatic rings.